The molecule has 0 spiro atoms. The average Bonchev–Trinajstić information content (AvgIpc) is 2.77. The molecule has 1 aromatic rings. The van der Waals surface area contributed by atoms with Crippen molar-refractivity contribution in [2.45, 2.75) is 45.2 Å². The van der Waals surface area contributed by atoms with Crippen LogP contribution in [0.5, 0.6) is 0 Å². The minimum Gasteiger partial charge on any atom is -0.394 e. The first-order valence-corrected chi connectivity index (χ1v) is 5.51. The zero-order valence-electron chi connectivity index (χ0n) is 9.02. The summed E-state index contributed by atoms with van der Waals surface area (Å²) in [5.74, 6) is 0.764. The van der Waals surface area contributed by atoms with Crippen LogP contribution in [-0.4, -0.2) is 26.1 Å². The molecule has 0 aliphatic heterocycles. The van der Waals surface area contributed by atoms with Crippen LogP contribution in [0.3, 0.4) is 0 Å². The summed E-state index contributed by atoms with van der Waals surface area (Å²) in [6.45, 7) is 2.11. The largest absolute Gasteiger partial charge is 0.394 e. The number of aliphatic hydroxyl groups excluding tert-OH is 1. The van der Waals surface area contributed by atoms with Crippen molar-refractivity contribution in [2.24, 2.45) is 0 Å². The maximum Gasteiger partial charge on any atom is 0.346 e. The number of aryl methyl sites for hydroxylation is 1. The normalized spacial score (nSPS) is 17.5. The Morgan fingerprint density at radius 1 is 1.47 bits per heavy atom. The molecule has 5 heteroatoms. The van der Waals surface area contributed by atoms with E-state index in [9.17, 15) is 4.79 Å². The van der Waals surface area contributed by atoms with Crippen LogP contribution in [0.2, 0.25) is 0 Å². The van der Waals surface area contributed by atoms with E-state index >= 15 is 0 Å². The first kappa shape index (κ1) is 10.4. The van der Waals surface area contributed by atoms with E-state index in [0.29, 0.717) is 12.6 Å². The number of nitrogens with zero attached hydrogens (tertiary/aromatic N) is 3. The maximum atomic E-state index is 11.9. The molecule has 0 unspecified atom stereocenters. The lowest BCUT2D eigenvalue weighted by Crippen LogP contribution is -2.28. The van der Waals surface area contributed by atoms with Crippen LogP contribution >= 0.6 is 0 Å². The molecule has 0 amide bonds. The second kappa shape index (κ2) is 4.18. The molecule has 0 atom stereocenters. The van der Waals surface area contributed by atoms with Gasteiger partial charge in [0.15, 0.2) is 0 Å². The van der Waals surface area contributed by atoms with E-state index in [1.807, 2.05) is 6.92 Å². The molecule has 84 valence electrons. The van der Waals surface area contributed by atoms with E-state index in [0.717, 1.165) is 18.7 Å². The molecule has 15 heavy (non-hydrogen) atoms. The van der Waals surface area contributed by atoms with Gasteiger partial charge in [-0.3, -0.25) is 4.57 Å². The van der Waals surface area contributed by atoms with Crippen LogP contribution in [0, 0.1) is 6.92 Å². The second-order valence-corrected chi connectivity index (χ2v) is 4.08. The van der Waals surface area contributed by atoms with Gasteiger partial charge in [-0.15, -0.1) is 0 Å². The van der Waals surface area contributed by atoms with Crippen molar-refractivity contribution in [3.05, 3.63) is 16.3 Å². The number of hydrogen-bond acceptors (Lipinski definition) is 3. The third-order valence-corrected chi connectivity index (χ3v) is 3.04. The molecular weight excluding hydrogens is 194 g/mol. The average molecular weight is 211 g/mol. The van der Waals surface area contributed by atoms with E-state index in [1.165, 1.54) is 17.5 Å². The molecule has 0 bridgehead atoms. The van der Waals surface area contributed by atoms with E-state index in [2.05, 4.69) is 5.10 Å². The van der Waals surface area contributed by atoms with Crippen molar-refractivity contribution in [3.63, 3.8) is 0 Å². The predicted octanol–water partition coefficient (Wildman–Crippen LogP) is 0.461. The number of aromatic nitrogens is 3. The Labute approximate surface area is 88.3 Å². The molecule has 0 radical (unpaired) electrons. The van der Waals surface area contributed by atoms with Gasteiger partial charge in [0, 0.05) is 6.04 Å². The smallest absolute Gasteiger partial charge is 0.346 e. The van der Waals surface area contributed by atoms with Gasteiger partial charge < -0.3 is 5.11 Å². The highest BCUT2D eigenvalue weighted by Gasteiger charge is 2.22. The monoisotopic (exact) mass is 211 g/mol. The lowest BCUT2D eigenvalue weighted by Gasteiger charge is -2.10. The summed E-state index contributed by atoms with van der Waals surface area (Å²) in [7, 11) is 0. The van der Waals surface area contributed by atoms with Gasteiger partial charge in [-0.25, -0.2) is 9.48 Å². The van der Waals surface area contributed by atoms with Crippen LogP contribution in [0.4, 0.5) is 0 Å². The van der Waals surface area contributed by atoms with Gasteiger partial charge in [-0.1, -0.05) is 12.8 Å². The summed E-state index contributed by atoms with van der Waals surface area (Å²) in [6, 6.07) is 0.324. The van der Waals surface area contributed by atoms with Crippen molar-refractivity contribution in [1.29, 1.82) is 0 Å². The van der Waals surface area contributed by atoms with E-state index < -0.39 is 0 Å². The zero-order chi connectivity index (χ0) is 10.8. The summed E-state index contributed by atoms with van der Waals surface area (Å²) >= 11 is 0. The van der Waals surface area contributed by atoms with Gasteiger partial charge in [0.05, 0.1) is 13.2 Å². The Morgan fingerprint density at radius 3 is 2.73 bits per heavy atom. The van der Waals surface area contributed by atoms with Gasteiger partial charge in [0.2, 0.25) is 0 Å². The lowest BCUT2D eigenvalue weighted by atomic mass is 10.2. The lowest BCUT2D eigenvalue weighted by molar-refractivity contribution is 0.266. The Balaban J connectivity index is 2.33. The van der Waals surface area contributed by atoms with Crippen molar-refractivity contribution in [1.82, 2.24) is 14.3 Å². The molecule has 1 aromatic heterocycles. The summed E-state index contributed by atoms with van der Waals surface area (Å²) in [4.78, 5) is 11.9. The molecule has 2 rings (SSSR count). The van der Waals surface area contributed by atoms with E-state index in [-0.39, 0.29) is 12.3 Å². The van der Waals surface area contributed by atoms with Gasteiger partial charge in [0.1, 0.15) is 5.82 Å². The molecule has 1 N–H and O–H groups in total. The quantitative estimate of drug-likeness (QED) is 0.790. The van der Waals surface area contributed by atoms with Crippen LogP contribution in [0.25, 0.3) is 0 Å². The molecule has 1 aliphatic rings. The summed E-state index contributed by atoms with van der Waals surface area (Å²) in [5.41, 5.74) is -0.0755. The molecule has 1 fully saturated rings. The van der Waals surface area contributed by atoms with Gasteiger partial charge in [-0.2, -0.15) is 5.10 Å². The van der Waals surface area contributed by atoms with Gasteiger partial charge in [-0.05, 0) is 19.8 Å². The number of rotatable bonds is 3. The Hall–Kier alpha value is -1.10. The first-order valence-electron chi connectivity index (χ1n) is 5.51. The third-order valence-electron chi connectivity index (χ3n) is 3.04. The van der Waals surface area contributed by atoms with Crippen molar-refractivity contribution < 1.29 is 5.11 Å². The van der Waals surface area contributed by atoms with Crippen molar-refractivity contribution in [2.75, 3.05) is 6.61 Å². The molecular formula is C10H17N3O2. The minimum atomic E-state index is -0.0755. The van der Waals surface area contributed by atoms with Crippen LogP contribution < -0.4 is 5.69 Å². The molecule has 5 nitrogen and oxygen atoms in total. The Morgan fingerprint density at radius 2 is 2.13 bits per heavy atom. The maximum absolute atomic E-state index is 11.9. The predicted molar refractivity (Wildman–Crippen MR) is 55.8 cm³/mol. The Bertz CT molecular complexity index is 388. The highest BCUT2D eigenvalue weighted by Crippen LogP contribution is 2.28. The van der Waals surface area contributed by atoms with Crippen LogP contribution in [-0.2, 0) is 6.54 Å². The fourth-order valence-corrected chi connectivity index (χ4v) is 2.35. The zero-order valence-corrected chi connectivity index (χ0v) is 9.02. The number of aliphatic hydroxyl groups is 1. The standard InChI is InChI=1S/C10H17N3O2/c1-8-11-12(6-7-14)10(15)13(8)9-4-2-3-5-9/h9,14H,2-7H2,1H3. The molecule has 1 heterocycles. The molecule has 0 saturated heterocycles. The summed E-state index contributed by atoms with van der Waals surface area (Å²) < 4.78 is 3.14. The Kier molecular flexibility index (Phi) is 2.90. The molecule has 0 aromatic carbocycles. The SMILES string of the molecule is Cc1nn(CCO)c(=O)n1C1CCCC1. The highest BCUT2D eigenvalue weighted by atomic mass is 16.3. The van der Waals surface area contributed by atoms with E-state index in [1.54, 1.807) is 4.57 Å². The summed E-state index contributed by atoms with van der Waals surface area (Å²) in [6.07, 6.45) is 4.54. The van der Waals surface area contributed by atoms with Crippen LogP contribution in [0.1, 0.15) is 37.5 Å². The molecule has 1 aliphatic carbocycles. The van der Waals surface area contributed by atoms with Crippen LogP contribution in [0.15, 0.2) is 4.79 Å². The first-order chi connectivity index (χ1) is 7.24. The topological polar surface area (TPSA) is 60.0 Å². The van der Waals surface area contributed by atoms with Gasteiger partial charge >= 0.3 is 5.69 Å². The van der Waals surface area contributed by atoms with Crippen molar-refractivity contribution >= 4 is 0 Å². The molecule has 1 saturated carbocycles. The fraction of sp³-hybridized carbons (Fsp3) is 0.800. The summed E-state index contributed by atoms with van der Waals surface area (Å²) in [5, 5.41) is 13.0. The third kappa shape index (κ3) is 1.84. The van der Waals surface area contributed by atoms with E-state index in [4.69, 9.17) is 5.11 Å². The van der Waals surface area contributed by atoms with Crippen molar-refractivity contribution in [3.8, 4) is 0 Å². The second-order valence-electron chi connectivity index (χ2n) is 4.08. The number of hydrogen-bond donors (Lipinski definition) is 1. The fourth-order valence-electron chi connectivity index (χ4n) is 2.35. The van der Waals surface area contributed by atoms with Gasteiger partial charge in [0.25, 0.3) is 0 Å². The minimum absolute atomic E-state index is 0.0406. The highest BCUT2D eigenvalue weighted by molar-refractivity contribution is 4.90.